The molecule has 1 unspecified atom stereocenters. The van der Waals surface area contributed by atoms with Crippen LogP contribution in [-0.2, 0) is 4.79 Å². The van der Waals surface area contributed by atoms with Crippen LogP contribution in [-0.4, -0.2) is 26.6 Å². The number of nitrogens with zero attached hydrogens (tertiary/aromatic N) is 2. The first-order chi connectivity index (χ1) is 15.7. The molecule has 32 heavy (non-hydrogen) atoms. The van der Waals surface area contributed by atoms with E-state index in [0.717, 1.165) is 44.7 Å². The van der Waals surface area contributed by atoms with Crippen LogP contribution in [0.1, 0.15) is 27.5 Å². The van der Waals surface area contributed by atoms with Gasteiger partial charge >= 0.3 is 0 Å². The van der Waals surface area contributed by atoms with Crippen LogP contribution in [0, 0.1) is 0 Å². The van der Waals surface area contributed by atoms with Crippen LogP contribution in [0.3, 0.4) is 0 Å². The Hall–Kier alpha value is -4.52. The number of carbonyl (C=O) groups excluding carboxylic acids is 2. The number of ketones is 1. The standard InChI is InChI=1S/C25H16N4O3/c30-23(14-9-11-32-13-14)25(31)29-22-16-5-2-1-4-15(16)21-17(22)6-3-7-18(21)24-27-19-8-10-26-12-20(19)28-24/h1-13,22H,(H,27,28)(H,29,31). The highest BCUT2D eigenvalue weighted by Crippen LogP contribution is 2.47. The van der Waals surface area contributed by atoms with Gasteiger partial charge < -0.3 is 14.7 Å². The molecule has 1 atom stereocenters. The molecule has 0 spiro atoms. The number of hydrogen-bond donors (Lipinski definition) is 2. The number of nitrogens with one attached hydrogen (secondary N) is 2. The summed E-state index contributed by atoms with van der Waals surface area (Å²) in [4.78, 5) is 37.5. The molecule has 7 nitrogen and oxygen atoms in total. The zero-order chi connectivity index (χ0) is 21.7. The Kier molecular flexibility index (Phi) is 4.01. The third-order valence-electron chi connectivity index (χ3n) is 5.75. The Balaban J connectivity index is 1.46. The van der Waals surface area contributed by atoms with Crippen molar-refractivity contribution >= 4 is 22.7 Å². The molecule has 7 heteroatoms. The van der Waals surface area contributed by atoms with Gasteiger partial charge in [0.25, 0.3) is 11.7 Å². The van der Waals surface area contributed by atoms with Crippen molar-refractivity contribution in [3.63, 3.8) is 0 Å². The lowest BCUT2D eigenvalue weighted by Crippen LogP contribution is -2.34. The Morgan fingerprint density at radius 3 is 2.66 bits per heavy atom. The van der Waals surface area contributed by atoms with Crippen molar-refractivity contribution in [2.24, 2.45) is 0 Å². The molecule has 3 heterocycles. The van der Waals surface area contributed by atoms with Gasteiger partial charge in [0.05, 0.1) is 35.1 Å². The van der Waals surface area contributed by atoms with E-state index in [4.69, 9.17) is 9.40 Å². The molecule has 3 aromatic heterocycles. The predicted octanol–water partition coefficient (Wildman–Crippen LogP) is 4.29. The number of imidazole rings is 1. The van der Waals surface area contributed by atoms with Crippen LogP contribution < -0.4 is 5.32 Å². The summed E-state index contributed by atoms with van der Waals surface area (Å²) in [7, 11) is 0. The first-order valence-corrected chi connectivity index (χ1v) is 10.1. The lowest BCUT2D eigenvalue weighted by Gasteiger charge is -2.15. The average molecular weight is 420 g/mol. The minimum absolute atomic E-state index is 0.221. The number of H-pyrrole nitrogens is 1. The number of Topliss-reactive ketones (excluding diaryl/α,β-unsaturated/α-hetero) is 1. The smallest absolute Gasteiger partial charge is 0.293 e. The Morgan fingerprint density at radius 1 is 0.969 bits per heavy atom. The average Bonchev–Trinajstić information content (AvgIpc) is 3.57. The second-order valence-corrected chi connectivity index (χ2v) is 7.58. The van der Waals surface area contributed by atoms with E-state index < -0.39 is 17.7 Å². The number of furan rings is 1. The molecule has 0 fully saturated rings. The normalized spacial score (nSPS) is 14.2. The van der Waals surface area contributed by atoms with Gasteiger partial charge in [-0.3, -0.25) is 14.6 Å². The third kappa shape index (κ3) is 2.75. The van der Waals surface area contributed by atoms with Crippen molar-refractivity contribution in [3.8, 4) is 22.5 Å². The maximum atomic E-state index is 12.8. The quantitative estimate of drug-likeness (QED) is 0.334. The summed E-state index contributed by atoms with van der Waals surface area (Å²) in [6.45, 7) is 0. The monoisotopic (exact) mass is 420 g/mol. The number of aromatic amines is 1. The van der Waals surface area contributed by atoms with Crippen LogP contribution in [0.5, 0.6) is 0 Å². The van der Waals surface area contributed by atoms with Gasteiger partial charge in [-0.05, 0) is 34.4 Å². The molecular weight excluding hydrogens is 404 g/mol. The number of hydrogen-bond acceptors (Lipinski definition) is 5. The van der Waals surface area contributed by atoms with E-state index in [0.29, 0.717) is 0 Å². The van der Waals surface area contributed by atoms with Crippen LogP contribution in [0.2, 0.25) is 0 Å². The number of aromatic nitrogens is 3. The SMILES string of the molecule is O=C(NC1c2ccccc2-c2c(-c3nc4ccncc4[nH]3)cccc21)C(=O)c1ccoc1. The fourth-order valence-electron chi connectivity index (χ4n) is 4.31. The second kappa shape index (κ2) is 7.02. The van der Waals surface area contributed by atoms with Crippen molar-refractivity contribution in [1.82, 2.24) is 20.3 Å². The number of pyridine rings is 1. The first-order valence-electron chi connectivity index (χ1n) is 10.1. The molecule has 2 N–H and O–H groups in total. The van der Waals surface area contributed by atoms with Gasteiger partial charge in [-0.2, -0.15) is 0 Å². The molecule has 154 valence electrons. The molecular formula is C25H16N4O3. The molecule has 0 saturated carbocycles. The summed E-state index contributed by atoms with van der Waals surface area (Å²) < 4.78 is 4.94. The predicted molar refractivity (Wildman–Crippen MR) is 118 cm³/mol. The third-order valence-corrected chi connectivity index (χ3v) is 5.75. The zero-order valence-corrected chi connectivity index (χ0v) is 16.7. The van der Waals surface area contributed by atoms with E-state index in [1.54, 1.807) is 12.4 Å². The van der Waals surface area contributed by atoms with Gasteiger partial charge in [-0.1, -0.05) is 42.5 Å². The largest absolute Gasteiger partial charge is 0.472 e. The highest BCUT2D eigenvalue weighted by Gasteiger charge is 2.33. The summed E-state index contributed by atoms with van der Waals surface area (Å²) in [6.07, 6.45) is 6.09. The lowest BCUT2D eigenvalue weighted by atomic mass is 9.98. The van der Waals surface area contributed by atoms with E-state index in [9.17, 15) is 9.59 Å². The lowest BCUT2D eigenvalue weighted by molar-refractivity contribution is -0.117. The molecule has 0 radical (unpaired) electrons. The minimum Gasteiger partial charge on any atom is -0.472 e. The fraction of sp³-hybridized carbons (Fsp3) is 0.0400. The highest BCUT2D eigenvalue weighted by molar-refractivity contribution is 6.42. The summed E-state index contributed by atoms with van der Waals surface area (Å²) in [6, 6.07) is 16.7. The van der Waals surface area contributed by atoms with Gasteiger partial charge in [0.2, 0.25) is 0 Å². The van der Waals surface area contributed by atoms with Gasteiger partial charge in [0, 0.05) is 11.8 Å². The van der Waals surface area contributed by atoms with Gasteiger partial charge in [-0.25, -0.2) is 4.98 Å². The molecule has 1 aliphatic carbocycles. The van der Waals surface area contributed by atoms with Gasteiger partial charge in [0.15, 0.2) is 0 Å². The van der Waals surface area contributed by atoms with Crippen molar-refractivity contribution in [3.05, 3.63) is 96.2 Å². The Labute approximate surface area is 182 Å². The maximum absolute atomic E-state index is 12.8. The number of fused-ring (bicyclic) bond motifs is 4. The molecule has 0 saturated heterocycles. The number of carbonyl (C=O) groups is 2. The summed E-state index contributed by atoms with van der Waals surface area (Å²) in [5.74, 6) is -0.592. The van der Waals surface area contributed by atoms with Crippen LogP contribution in [0.15, 0.2) is 83.9 Å². The number of rotatable bonds is 4. The van der Waals surface area contributed by atoms with E-state index in [1.165, 1.54) is 18.6 Å². The van der Waals surface area contributed by atoms with Crippen molar-refractivity contribution < 1.29 is 14.0 Å². The minimum atomic E-state index is -0.681. The van der Waals surface area contributed by atoms with Gasteiger partial charge in [0.1, 0.15) is 12.1 Å². The van der Waals surface area contributed by atoms with Crippen LogP contribution >= 0.6 is 0 Å². The second-order valence-electron chi connectivity index (χ2n) is 7.58. The Morgan fingerprint density at radius 2 is 1.81 bits per heavy atom. The number of amides is 1. The maximum Gasteiger partial charge on any atom is 0.293 e. The van der Waals surface area contributed by atoms with Crippen LogP contribution in [0.25, 0.3) is 33.5 Å². The van der Waals surface area contributed by atoms with E-state index in [1.807, 2.05) is 48.5 Å². The summed E-state index contributed by atoms with van der Waals surface area (Å²) in [5, 5.41) is 2.91. The molecule has 6 rings (SSSR count). The van der Waals surface area contributed by atoms with Crippen LogP contribution in [0.4, 0.5) is 0 Å². The molecule has 2 aromatic carbocycles. The molecule has 5 aromatic rings. The van der Waals surface area contributed by atoms with Gasteiger partial charge in [-0.15, -0.1) is 0 Å². The van der Waals surface area contributed by atoms with E-state index in [-0.39, 0.29) is 5.56 Å². The Bertz CT molecular complexity index is 1470. The first kappa shape index (κ1) is 18.3. The van der Waals surface area contributed by atoms with E-state index >= 15 is 0 Å². The fourth-order valence-corrected chi connectivity index (χ4v) is 4.31. The molecule has 1 amide bonds. The highest BCUT2D eigenvalue weighted by atomic mass is 16.3. The summed E-state index contributed by atoms with van der Waals surface area (Å²) in [5.41, 5.74) is 6.64. The van der Waals surface area contributed by atoms with Crippen molar-refractivity contribution in [1.29, 1.82) is 0 Å². The topological polar surface area (TPSA) is 101 Å². The number of benzene rings is 2. The molecule has 0 aliphatic heterocycles. The van der Waals surface area contributed by atoms with E-state index in [2.05, 4.69) is 15.3 Å². The van der Waals surface area contributed by atoms with Crippen molar-refractivity contribution in [2.75, 3.05) is 0 Å². The zero-order valence-electron chi connectivity index (χ0n) is 16.7. The molecule has 0 bridgehead atoms. The molecule has 1 aliphatic rings. The van der Waals surface area contributed by atoms with Crippen molar-refractivity contribution in [2.45, 2.75) is 6.04 Å². The summed E-state index contributed by atoms with van der Waals surface area (Å²) >= 11 is 0.